The zero-order chi connectivity index (χ0) is 21.3. The van der Waals surface area contributed by atoms with E-state index in [4.69, 9.17) is 40.0 Å². The average molecular weight is 435 g/mol. The second-order valence-electron chi connectivity index (χ2n) is 7.21. The summed E-state index contributed by atoms with van der Waals surface area (Å²) in [6.45, 7) is 0.589. The van der Waals surface area contributed by atoms with Gasteiger partial charge in [0.15, 0.2) is 23.0 Å². The Labute approximate surface area is 179 Å². The van der Waals surface area contributed by atoms with Crippen LogP contribution in [0.4, 0.5) is 0 Å². The van der Waals surface area contributed by atoms with Crippen LogP contribution in [-0.2, 0) is 22.4 Å². The fourth-order valence-corrected chi connectivity index (χ4v) is 4.28. The Balaban J connectivity index is 1.59. The Bertz CT molecular complexity index is 959. The van der Waals surface area contributed by atoms with Crippen LogP contribution in [0.3, 0.4) is 0 Å². The fraction of sp³-hybridized carbons (Fsp3) is 0.409. The van der Waals surface area contributed by atoms with Crippen molar-refractivity contribution >= 4 is 17.6 Å². The molecular formula is C22H23ClO7. The number of rotatable bonds is 7. The zero-order valence-electron chi connectivity index (χ0n) is 17.0. The Morgan fingerprint density at radius 1 is 0.967 bits per heavy atom. The first-order valence-corrected chi connectivity index (χ1v) is 9.96. The average Bonchev–Trinajstić information content (AvgIpc) is 3.35. The third kappa shape index (κ3) is 3.69. The lowest BCUT2D eigenvalue weighted by Gasteiger charge is -2.19. The molecule has 160 valence electrons. The summed E-state index contributed by atoms with van der Waals surface area (Å²) in [5.41, 5.74) is 1.80. The minimum absolute atomic E-state index is 0.00743. The summed E-state index contributed by atoms with van der Waals surface area (Å²) >= 11 is 6.58. The number of methoxy groups -OCH3 is 3. The number of halogens is 1. The first-order chi connectivity index (χ1) is 14.5. The van der Waals surface area contributed by atoms with Gasteiger partial charge in [-0.1, -0.05) is 17.7 Å². The number of carbonyl (C=O) groups is 1. The van der Waals surface area contributed by atoms with E-state index in [1.807, 2.05) is 18.2 Å². The highest BCUT2D eigenvalue weighted by atomic mass is 35.5. The van der Waals surface area contributed by atoms with E-state index in [9.17, 15) is 4.79 Å². The molecule has 1 fully saturated rings. The van der Waals surface area contributed by atoms with Crippen molar-refractivity contribution < 1.29 is 33.2 Å². The van der Waals surface area contributed by atoms with Crippen molar-refractivity contribution in [3.63, 3.8) is 0 Å². The minimum Gasteiger partial charge on any atom is -0.493 e. The second-order valence-corrected chi connectivity index (χ2v) is 7.59. The summed E-state index contributed by atoms with van der Waals surface area (Å²) in [5, 5.41) is 0.400. The maximum absolute atomic E-state index is 12.5. The molecule has 0 N–H and O–H groups in total. The summed E-state index contributed by atoms with van der Waals surface area (Å²) in [7, 11) is 4.58. The van der Waals surface area contributed by atoms with Gasteiger partial charge in [-0.05, 0) is 42.2 Å². The molecule has 2 aromatic carbocycles. The molecule has 0 aromatic heterocycles. The number of hydrogen-bond acceptors (Lipinski definition) is 7. The molecule has 7 nitrogen and oxygen atoms in total. The fourth-order valence-electron chi connectivity index (χ4n) is 3.98. The van der Waals surface area contributed by atoms with Crippen LogP contribution in [-0.4, -0.2) is 40.7 Å². The third-order valence-corrected chi connectivity index (χ3v) is 5.95. The maximum Gasteiger partial charge on any atom is 0.309 e. The molecule has 1 saturated heterocycles. The molecule has 0 aliphatic carbocycles. The monoisotopic (exact) mass is 434 g/mol. The summed E-state index contributed by atoms with van der Waals surface area (Å²) < 4.78 is 32.4. The summed E-state index contributed by atoms with van der Waals surface area (Å²) in [6.07, 6.45) is 1.08. The highest BCUT2D eigenvalue weighted by molar-refractivity contribution is 6.33. The Morgan fingerprint density at radius 2 is 1.73 bits per heavy atom. The van der Waals surface area contributed by atoms with Gasteiger partial charge in [-0.25, -0.2) is 0 Å². The lowest BCUT2D eigenvalue weighted by Crippen LogP contribution is -2.21. The van der Waals surface area contributed by atoms with Crippen LogP contribution in [0.2, 0.25) is 5.02 Å². The van der Waals surface area contributed by atoms with Gasteiger partial charge in [0.2, 0.25) is 12.5 Å². The molecule has 4 rings (SSSR count). The van der Waals surface area contributed by atoms with Crippen LogP contribution < -0.4 is 23.7 Å². The molecule has 0 spiro atoms. The first kappa shape index (κ1) is 20.5. The van der Waals surface area contributed by atoms with Crippen LogP contribution in [0.5, 0.6) is 28.7 Å². The first-order valence-electron chi connectivity index (χ1n) is 9.58. The standard InChI is InChI=1S/C22H23ClO7/c1-25-18-9-13(19(23)21(27-3)20(18)26-2)8-15-14(10-28-22(15)24)6-12-4-5-16-17(7-12)30-11-29-16/h4-5,7,9,14-15H,6,8,10-11H2,1-3H3/t14-,15+/m0/s1. The molecule has 8 heteroatoms. The Morgan fingerprint density at radius 3 is 2.47 bits per heavy atom. The molecule has 2 atom stereocenters. The van der Waals surface area contributed by atoms with E-state index in [1.54, 1.807) is 13.2 Å². The predicted molar refractivity (Wildman–Crippen MR) is 109 cm³/mol. The number of esters is 1. The van der Waals surface area contributed by atoms with Crippen molar-refractivity contribution in [1.82, 2.24) is 0 Å². The second kappa shape index (κ2) is 8.52. The number of hydrogen-bond donors (Lipinski definition) is 0. The highest BCUT2D eigenvalue weighted by Crippen LogP contribution is 2.46. The number of benzene rings is 2. The van der Waals surface area contributed by atoms with Gasteiger partial charge in [0.25, 0.3) is 0 Å². The van der Waals surface area contributed by atoms with Crippen molar-refractivity contribution in [3.8, 4) is 28.7 Å². The lowest BCUT2D eigenvalue weighted by molar-refractivity contribution is -0.141. The number of cyclic esters (lactones) is 1. The van der Waals surface area contributed by atoms with Gasteiger partial charge in [0, 0.05) is 5.92 Å². The van der Waals surface area contributed by atoms with E-state index >= 15 is 0 Å². The minimum atomic E-state index is -0.337. The Kier molecular flexibility index (Phi) is 5.81. The molecule has 30 heavy (non-hydrogen) atoms. The predicted octanol–water partition coefficient (Wildman–Crippen LogP) is 3.67. The van der Waals surface area contributed by atoms with E-state index < -0.39 is 0 Å². The van der Waals surface area contributed by atoms with Crippen molar-refractivity contribution in [2.24, 2.45) is 11.8 Å². The maximum atomic E-state index is 12.5. The van der Waals surface area contributed by atoms with Gasteiger partial charge in [-0.2, -0.15) is 0 Å². The van der Waals surface area contributed by atoms with Gasteiger partial charge in [0.05, 0.1) is 38.9 Å². The van der Waals surface area contributed by atoms with Crippen LogP contribution in [0.1, 0.15) is 11.1 Å². The molecule has 0 unspecified atom stereocenters. The highest BCUT2D eigenvalue weighted by Gasteiger charge is 2.38. The quantitative estimate of drug-likeness (QED) is 0.615. The smallest absolute Gasteiger partial charge is 0.309 e. The molecule has 2 aliphatic heterocycles. The normalized spacial score (nSPS) is 19.5. The van der Waals surface area contributed by atoms with Crippen molar-refractivity contribution in [2.45, 2.75) is 12.8 Å². The molecule has 2 heterocycles. The number of ether oxygens (including phenoxy) is 6. The summed E-state index contributed by atoms with van der Waals surface area (Å²) in [4.78, 5) is 12.5. The zero-order valence-corrected chi connectivity index (χ0v) is 17.8. The molecule has 0 amide bonds. The SMILES string of the molecule is COc1cc(C[C@H]2C(=O)OC[C@@H]2Cc2ccc3c(c2)OCO3)c(Cl)c(OC)c1OC. The summed E-state index contributed by atoms with van der Waals surface area (Å²) in [5.74, 6) is 2.19. The van der Waals surface area contributed by atoms with E-state index in [0.717, 1.165) is 22.6 Å². The lowest BCUT2D eigenvalue weighted by atomic mass is 9.85. The van der Waals surface area contributed by atoms with Crippen molar-refractivity contribution in [3.05, 3.63) is 40.4 Å². The third-order valence-electron chi connectivity index (χ3n) is 5.53. The van der Waals surface area contributed by atoms with Gasteiger partial charge < -0.3 is 28.4 Å². The molecule has 0 radical (unpaired) electrons. The van der Waals surface area contributed by atoms with Crippen molar-refractivity contribution in [1.29, 1.82) is 0 Å². The van der Waals surface area contributed by atoms with Gasteiger partial charge >= 0.3 is 5.97 Å². The van der Waals surface area contributed by atoms with Crippen LogP contribution in [0.25, 0.3) is 0 Å². The molecule has 0 saturated carbocycles. The van der Waals surface area contributed by atoms with Gasteiger partial charge in [-0.15, -0.1) is 0 Å². The largest absolute Gasteiger partial charge is 0.493 e. The molecule has 0 bridgehead atoms. The van der Waals surface area contributed by atoms with E-state index in [0.29, 0.717) is 41.7 Å². The topological polar surface area (TPSA) is 72.5 Å². The van der Waals surface area contributed by atoms with Crippen LogP contribution in [0, 0.1) is 11.8 Å². The van der Waals surface area contributed by atoms with Gasteiger partial charge in [0.1, 0.15) is 0 Å². The molecule has 2 aliphatic rings. The van der Waals surface area contributed by atoms with Gasteiger partial charge in [-0.3, -0.25) is 4.79 Å². The van der Waals surface area contributed by atoms with E-state index in [-0.39, 0.29) is 24.6 Å². The van der Waals surface area contributed by atoms with E-state index in [2.05, 4.69) is 0 Å². The molecule has 2 aromatic rings. The molecular weight excluding hydrogens is 412 g/mol. The Hall–Kier alpha value is -2.80. The summed E-state index contributed by atoms with van der Waals surface area (Å²) in [6, 6.07) is 7.61. The van der Waals surface area contributed by atoms with E-state index in [1.165, 1.54) is 14.2 Å². The van der Waals surface area contributed by atoms with Crippen LogP contribution in [0.15, 0.2) is 24.3 Å². The van der Waals surface area contributed by atoms with Crippen LogP contribution >= 0.6 is 11.6 Å². The number of carbonyl (C=O) groups excluding carboxylic acids is 1. The van der Waals surface area contributed by atoms with Crippen molar-refractivity contribution in [2.75, 3.05) is 34.7 Å². The number of fused-ring (bicyclic) bond motifs is 1.